The Morgan fingerprint density at radius 3 is 2.26 bits per heavy atom. The number of pyridine rings is 1. The zero-order valence-electron chi connectivity index (χ0n) is 25.4. The van der Waals surface area contributed by atoms with Gasteiger partial charge in [-0.1, -0.05) is 36.4 Å². The molecule has 0 saturated heterocycles. The summed E-state index contributed by atoms with van der Waals surface area (Å²) in [5.41, 5.74) is 3.24. The van der Waals surface area contributed by atoms with Gasteiger partial charge in [-0.15, -0.1) is 0 Å². The molecule has 232 valence electrons. The van der Waals surface area contributed by atoms with Crippen LogP contribution in [0.15, 0.2) is 78.2 Å². The van der Waals surface area contributed by atoms with Crippen molar-refractivity contribution in [1.82, 2.24) is 4.98 Å². The van der Waals surface area contributed by atoms with E-state index in [0.29, 0.717) is 55.2 Å². The van der Waals surface area contributed by atoms with Crippen molar-refractivity contribution < 1.29 is 27.8 Å². The van der Waals surface area contributed by atoms with Crippen LogP contribution >= 0.6 is 0 Å². The minimum atomic E-state index is -4.50. The number of amides is 1. The molecular formula is C35H43F3N2O3. The summed E-state index contributed by atoms with van der Waals surface area (Å²) in [6.07, 6.45) is 6.81. The van der Waals surface area contributed by atoms with E-state index in [-0.39, 0.29) is 17.9 Å². The predicted molar refractivity (Wildman–Crippen MR) is 164 cm³/mol. The Labute approximate surface area is 253 Å². The lowest BCUT2D eigenvalue weighted by molar-refractivity contribution is -0.141. The van der Waals surface area contributed by atoms with Crippen molar-refractivity contribution >= 4 is 11.6 Å². The number of nitrogens with zero attached hydrogens (tertiary/aromatic N) is 2. The summed E-state index contributed by atoms with van der Waals surface area (Å²) in [6, 6.07) is 9.82. The van der Waals surface area contributed by atoms with E-state index in [1.807, 2.05) is 55.2 Å². The van der Waals surface area contributed by atoms with Crippen LogP contribution in [-0.2, 0) is 15.7 Å². The summed E-state index contributed by atoms with van der Waals surface area (Å²) in [5.74, 6) is 1.43. The molecule has 4 rings (SSSR count). The average molecular weight is 597 g/mol. The highest BCUT2D eigenvalue weighted by molar-refractivity contribution is 5.95. The minimum absolute atomic E-state index is 0.0536. The molecule has 0 radical (unpaired) electrons. The number of halogens is 3. The van der Waals surface area contributed by atoms with Gasteiger partial charge in [0, 0.05) is 29.9 Å². The van der Waals surface area contributed by atoms with E-state index >= 15 is 0 Å². The first-order valence-electron chi connectivity index (χ1n) is 15.2. The van der Waals surface area contributed by atoms with Crippen LogP contribution in [0, 0.1) is 17.8 Å². The monoisotopic (exact) mass is 596 g/mol. The van der Waals surface area contributed by atoms with Gasteiger partial charge in [0.05, 0.1) is 13.2 Å². The van der Waals surface area contributed by atoms with Crippen LogP contribution in [0.4, 0.5) is 18.9 Å². The fourth-order valence-corrected chi connectivity index (χ4v) is 6.18. The van der Waals surface area contributed by atoms with Crippen molar-refractivity contribution in [2.45, 2.75) is 77.5 Å². The first-order chi connectivity index (χ1) is 20.5. The number of allylic oxidation sites excluding steroid dienone is 4. The molecule has 0 aliphatic heterocycles. The first-order valence-corrected chi connectivity index (χ1v) is 15.2. The van der Waals surface area contributed by atoms with Crippen molar-refractivity contribution in [3.05, 3.63) is 83.9 Å². The van der Waals surface area contributed by atoms with Crippen molar-refractivity contribution in [3.8, 4) is 11.1 Å². The second kappa shape index (κ2) is 14.4. The number of carbonyl (C=O) groups is 1. The number of aliphatic hydroxyl groups is 1. The number of aromatic nitrogens is 1. The van der Waals surface area contributed by atoms with Gasteiger partial charge in [-0.3, -0.25) is 9.78 Å². The van der Waals surface area contributed by atoms with Crippen LogP contribution in [0.25, 0.3) is 11.1 Å². The molecule has 1 amide bonds. The lowest BCUT2D eigenvalue weighted by atomic mass is 9.78. The van der Waals surface area contributed by atoms with Gasteiger partial charge in [-0.25, -0.2) is 0 Å². The molecular weight excluding hydrogens is 553 g/mol. The van der Waals surface area contributed by atoms with E-state index in [4.69, 9.17) is 4.74 Å². The number of rotatable bonds is 9. The van der Waals surface area contributed by atoms with E-state index in [0.717, 1.165) is 54.3 Å². The maximum Gasteiger partial charge on any atom is 0.433 e. The molecule has 2 aliphatic carbocycles. The van der Waals surface area contributed by atoms with Gasteiger partial charge in [-0.2, -0.15) is 13.2 Å². The molecule has 1 aromatic heterocycles. The molecule has 2 saturated carbocycles. The van der Waals surface area contributed by atoms with Crippen molar-refractivity contribution in [2.24, 2.45) is 17.8 Å². The van der Waals surface area contributed by atoms with Gasteiger partial charge in [0.25, 0.3) is 0 Å². The lowest BCUT2D eigenvalue weighted by Gasteiger charge is -2.36. The molecule has 43 heavy (non-hydrogen) atoms. The standard InChI is InChI=1S/C35H43F3N2O3/c1-23(2)32(43-4)18-8-24(3)26-11-9-25(10-12-26)22-40(34(42)27-13-16-31(41)17-14-27)30-7-5-6-28(20-30)29-15-19-33(39-21-29)35(36,37)38/h5-8,15,18-21,25-27,31,41H,3,9-14,16-17,22H2,1-2,4H3/b18-8-. The molecule has 0 atom stereocenters. The molecule has 8 heteroatoms. The quantitative estimate of drug-likeness (QED) is 0.233. The first kappa shape index (κ1) is 32.5. The number of hydrogen-bond acceptors (Lipinski definition) is 4. The minimum Gasteiger partial charge on any atom is -0.497 e. The summed E-state index contributed by atoms with van der Waals surface area (Å²) in [4.78, 5) is 19.4. The van der Waals surface area contributed by atoms with Crippen molar-refractivity contribution in [1.29, 1.82) is 0 Å². The molecule has 1 aromatic carbocycles. The number of hydrogen-bond donors (Lipinski definition) is 1. The van der Waals surface area contributed by atoms with Gasteiger partial charge < -0.3 is 14.7 Å². The molecule has 0 bridgehead atoms. The molecule has 1 N–H and O–H groups in total. The number of aliphatic hydroxyl groups excluding tert-OH is 1. The lowest BCUT2D eigenvalue weighted by Crippen LogP contribution is -2.42. The molecule has 2 aromatic rings. The van der Waals surface area contributed by atoms with Gasteiger partial charge >= 0.3 is 6.18 Å². The predicted octanol–water partition coefficient (Wildman–Crippen LogP) is 8.51. The number of benzene rings is 1. The summed E-state index contributed by atoms with van der Waals surface area (Å²) in [5, 5.41) is 10.0. The maximum atomic E-state index is 14.0. The summed E-state index contributed by atoms with van der Waals surface area (Å²) < 4.78 is 44.6. The van der Waals surface area contributed by atoms with Crippen LogP contribution in [0.3, 0.4) is 0 Å². The molecule has 2 fully saturated rings. The Morgan fingerprint density at radius 1 is 1.00 bits per heavy atom. The zero-order valence-corrected chi connectivity index (χ0v) is 25.4. The highest BCUT2D eigenvalue weighted by Crippen LogP contribution is 2.37. The third-order valence-corrected chi connectivity index (χ3v) is 8.83. The summed E-state index contributed by atoms with van der Waals surface area (Å²) >= 11 is 0. The van der Waals surface area contributed by atoms with Gasteiger partial charge in [-0.05, 0) is 112 Å². The second-order valence-corrected chi connectivity index (χ2v) is 12.1. The van der Waals surface area contributed by atoms with Crippen LogP contribution in [0.1, 0.15) is 70.9 Å². The Balaban J connectivity index is 1.51. The molecule has 5 nitrogen and oxygen atoms in total. The molecule has 0 spiro atoms. The van der Waals surface area contributed by atoms with Crippen LogP contribution in [0.2, 0.25) is 0 Å². The van der Waals surface area contributed by atoms with E-state index < -0.39 is 11.9 Å². The number of carbonyl (C=O) groups excluding carboxylic acids is 1. The van der Waals surface area contributed by atoms with Crippen molar-refractivity contribution in [2.75, 3.05) is 18.6 Å². The smallest absolute Gasteiger partial charge is 0.433 e. The number of alkyl halides is 3. The maximum absolute atomic E-state index is 14.0. The Morgan fingerprint density at radius 2 is 1.67 bits per heavy atom. The Hall–Kier alpha value is -3.39. The largest absolute Gasteiger partial charge is 0.497 e. The topological polar surface area (TPSA) is 62.7 Å². The average Bonchev–Trinajstić information content (AvgIpc) is 3.00. The Kier molecular flexibility index (Phi) is 10.9. The van der Waals surface area contributed by atoms with Crippen LogP contribution in [-0.4, -0.2) is 35.8 Å². The normalized spacial score (nSPS) is 22.7. The van der Waals surface area contributed by atoms with Gasteiger partial charge in [0.2, 0.25) is 5.91 Å². The third-order valence-electron chi connectivity index (χ3n) is 8.83. The van der Waals surface area contributed by atoms with E-state index in [1.165, 1.54) is 12.3 Å². The van der Waals surface area contributed by atoms with E-state index in [1.54, 1.807) is 7.11 Å². The summed E-state index contributed by atoms with van der Waals surface area (Å²) in [7, 11) is 1.67. The highest BCUT2D eigenvalue weighted by Gasteiger charge is 2.33. The van der Waals surface area contributed by atoms with Crippen LogP contribution < -0.4 is 4.90 Å². The van der Waals surface area contributed by atoms with Crippen molar-refractivity contribution in [3.63, 3.8) is 0 Å². The Bertz CT molecular complexity index is 1310. The van der Waals surface area contributed by atoms with E-state index in [9.17, 15) is 23.1 Å². The van der Waals surface area contributed by atoms with Gasteiger partial charge in [0.1, 0.15) is 11.5 Å². The molecule has 1 heterocycles. The molecule has 2 aliphatic rings. The highest BCUT2D eigenvalue weighted by atomic mass is 19.4. The van der Waals surface area contributed by atoms with Crippen LogP contribution in [0.5, 0.6) is 0 Å². The van der Waals surface area contributed by atoms with E-state index in [2.05, 4.69) is 11.6 Å². The number of methoxy groups -OCH3 is 1. The third kappa shape index (κ3) is 8.59. The number of anilines is 1. The number of ether oxygens (including phenoxy) is 1. The fraction of sp³-hybridized carbons (Fsp3) is 0.486. The summed E-state index contributed by atoms with van der Waals surface area (Å²) in [6.45, 7) is 8.91. The molecule has 0 unspecified atom stereocenters. The fourth-order valence-electron chi connectivity index (χ4n) is 6.18. The van der Waals surface area contributed by atoms with Gasteiger partial charge in [0.15, 0.2) is 0 Å². The zero-order chi connectivity index (χ0) is 31.1. The SMILES string of the molecule is C=C(/C=C\C(OC)=C(C)C)C1CCC(CN(C(=O)C2CCC(O)CC2)c2cccc(-c3ccc(C(F)(F)F)nc3)c2)CC1. The second-order valence-electron chi connectivity index (χ2n) is 12.1.